The Kier molecular flexibility index (Phi) is 9.47. The van der Waals surface area contributed by atoms with Gasteiger partial charge in [0.2, 0.25) is 0 Å². The first-order chi connectivity index (χ1) is 15.4. The van der Waals surface area contributed by atoms with Gasteiger partial charge in [-0.2, -0.15) is 0 Å². The number of hydrogen-bond acceptors (Lipinski definition) is 7. The van der Waals surface area contributed by atoms with Crippen LogP contribution in [0.5, 0.6) is 0 Å². The first-order valence-electron chi connectivity index (χ1n) is 10.4. The lowest BCUT2D eigenvalue weighted by molar-refractivity contribution is -0.157. The highest BCUT2D eigenvalue weighted by Crippen LogP contribution is 2.22. The number of esters is 2. The maximum atomic E-state index is 13.3. The maximum Gasteiger partial charge on any atom is 0.316 e. The average molecular weight is 438 g/mol. The van der Waals surface area contributed by atoms with Crippen molar-refractivity contribution in [1.29, 1.82) is 0 Å². The molecule has 0 heterocycles. The van der Waals surface area contributed by atoms with Crippen LogP contribution in [0.2, 0.25) is 0 Å². The molecule has 2 atom stereocenters. The molecule has 0 aromatic heterocycles. The monoisotopic (exact) mass is 438 g/mol. The van der Waals surface area contributed by atoms with Crippen molar-refractivity contribution in [2.24, 2.45) is 11.8 Å². The van der Waals surface area contributed by atoms with Gasteiger partial charge in [-0.3, -0.25) is 24.0 Å². The van der Waals surface area contributed by atoms with E-state index in [0.29, 0.717) is 11.1 Å². The van der Waals surface area contributed by atoms with Crippen LogP contribution in [0.4, 0.5) is 0 Å². The summed E-state index contributed by atoms with van der Waals surface area (Å²) in [5.74, 6) is -6.65. The van der Waals surface area contributed by atoms with Gasteiger partial charge in [-0.1, -0.05) is 60.7 Å². The van der Waals surface area contributed by atoms with Gasteiger partial charge in [0.05, 0.1) is 13.2 Å². The summed E-state index contributed by atoms with van der Waals surface area (Å²) in [6, 6.07) is 16.4. The smallest absolute Gasteiger partial charge is 0.316 e. The van der Waals surface area contributed by atoms with Gasteiger partial charge >= 0.3 is 11.9 Å². The lowest BCUT2D eigenvalue weighted by atomic mass is 9.84. The van der Waals surface area contributed by atoms with Gasteiger partial charge in [0.1, 0.15) is 11.8 Å². The zero-order valence-electron chi connectivity index (χ0n) is 18.1. The summed E-state index contributed by atoms with van der Waals surface area (Å²) < 4.78 is 9.98. The number of carbonyl (C=O) groups excluding carboxylic acids is 5. The molecule has 0 amide bonds. The highest BCUT2D eigenvalue weighted by molar-refractivity contribution is 6.14. The van der Waals surface area contributed by atoms with Crippen molar-refractivity contribution in [3.05, 3.63) is 71.8 Å². The van der Waals surface area contributed by atoms with E-state index < -0.39 is 54.0 Å². The summed E-state index contributed by atoms with van der Waals surface area (Å²) in [5, 5.41) is 0. The molecule has 0 radical (unpaired) electrons. The Morgan fingerprint density at radius 3 is 1.28 bits per heavy atom. The molecule has 2 unspecified atom stereocenters. The molecule has 0 aliphatic heterocycles. The Balaban J connectivity index is 2.32. The van der Waals surface area contributed by atoms with E-state index in [1.807, 2.05) is 0 Å². The van der Waals surface area contributed by atoms with Crippen molar-refractivity contribution in [2.75, 3.05) is 13.2 Å². The fourth-order valence-corrected chi connectivity index (χ4v) is 3.18. The van der Waals surface area contributed by atoms with Crippen LogP contribution in [0.1, 0.15) is 47.4 Å². The first-order valence-corrected chi connectivity index (χ1v) is 10.4. The molecule has 0 saturated carbocycles. The maximum absolute atomic E-state index is 13.3. The minimum Gasteiger partial charge on any atom is -0.465 e. The van der Waals surface area contributed by atoms with E-state index in [9.17, 15) is 24.0 Å². The molecular weight excluding hydrogens is 412 g/mol. The Bertz CT molecular complexity index is 873. The van der Waals surface area contributed by atoms with Crippen LogP contribution >= 0.6 is 0 Å². The van der Waals surface area contributed by atoms with Crippen LogP contribution in [0.3, 0.4) is 0 Å². The molecule has 0 aliphatic rings. The Morgan fingerprint density at radius 2 is 0.969 bits per heavy atom. The van der Waals surface area contributed by atoms with Crippen molar-refractivity contribution < 1.29 is 33.4 Å². The van der Waals surface area contributed by atoms with Crippen LogP contribution in [-0.2, 0) is 23.9 Å². The largest absolute Gasteiger partial charge is 0.465 e. The van der Waals surface area contributed by atoms with Crippen molar-refractivity contribution in [1.82, 2.24) is 0 Å². The number of ether oxygens (including phenoxy) is 2. The normalized spacial score (nSPS) is 12.3. The Labute approximate surface area is 186 Å². The van der Waals surface area contributed by atoms with Crippen molar-refractivity contribution >= 4 is 29.3 Å². The average Bonchev–Trinajstić information content (AvgIpc) is 2.81. The number of carbonyl (C=O) groups is 5. The third kappa shape index (κ3) is 6.70. The number of hydrogen-bond donors (Lipinski definition) is 0. The minimum absolute atomic E-state index is 0.00480. The Hall–Kier alpha value is -3.61. The summed E-state index contributed by atoms with van der Waals surface area (Å²) in [4.78, 5) is 63.8. The van der Waals surface area contributed by atoms with Gasteiger partial charge < -0.3 is 9.47 Å². The molecule has 7 nitrogen and oxygen atoms in total. The van der Waals surface area contributed by atoms with Crippen LogP contribution in [0.15, 0.2) is 60.7 Å². The van der Waals surface area contributed by atoms with Gasteiger partial charge in [0.25, 0.3) is 0 Å². The van der Waals surface area contributed by atoms with E-state index in [1.54, 1.807) is 74.5 Å². The molecule has 0 saturated heterocycles. The highest BCUT2D eigenvalue weighted by Gasteiger charge is 2.40. The SMILES string of the molecule is CCOC(=O)C(CC(=O)c1ccccc1)C(=O)C(CC(=O)c1ccccc1)C(=O)OCC. The van der Waals surface area contributed by atoms with E-state index in [0.717, 1.165) is 0 Å². The lowest BCUT2D eigenvalue weighted by Gasteiger charge is -2.20. The predicted molar refractivity (Wildman–Crippen MR) is 116 cm³/mol. The van der Waals surface area contributed by atoms with Crippen LogP contribution in [-0.4, -0.2) is 42.5 Å². The number of benzene rings is 2. The summed E-state index contributed by atoms with van der Waals surface area (Å²) in [6.07, 6.45) is -0.950. The predicted octanol–water partition coefficient (Wildman–Crippen LogP) is 3.46. The summed E-state index contributed by atoms with van der Waals surface area (Å²) in [7, 11) is 0. The van der Waals surface area contributed by atoms with E-state index >= 15 is 0 Å². The second-order valence-corrected chi connectivity index (χ2v) is 7.00. The fraction of sp³-hybridized carbons (Fsp3) is 0.320. The first kappa shape index (κ1) is 24.7. The molecule has 0 aliphatic carbocycles. The molecule has 0 fully saturated rings. The second-order valence-electron chi connectivity index (χ2n) is 7.00. The second kappa shape index (κ2) is 12.3. The zero-order valence-corrected chi connectivity index (χ0v) is 18.1. The van der Waals surface area contributed by atoms with Gasteiger partial charge in [0.15, 0.2) is 17.3 Å². The van der Waals surface area contributed by atoms with Gasteiger partial charge in [-0.25, -0.2) is 0 Å². The lowest BCUT2D eigenvalue weighted by Crippen LogP contribution is -2.38. The molecular formula is C25H26O7. The third-order valence-electron chi connectivity index (χ3n) is 4.80. The van der Waals surface area contributed by atoms with Crippen molar-refractivity contribution in [3.63, 3.8) is 0 Å². The van der Waals surface area contributed by atoms with Gasteiger partial charge in [-0.05, 0) is 13.8 Å². The number of ketones is 3. The van der Waals surface area contributed by atoms with E-state index in [-0.39, 0.29) is 13.2 Å². The van der Waals surface area contributed by atoms with Gasteiger partial charge in [-0.15, -0.1) is 0 Å². The summed E-state index contributed by atoms with van der Waals surface area (Å²) in [5.41, 5.74) is 0.644. The molecule has 2 aromatic carbocycles. The molecule has 0 spiro atoms. The third-order valence-corrected chi connectivity index (χ3v) is 4.80. The zero-order chi connectivity index (χ0) is 23.5. The summed E-state index contributed by atoms with van der Waals surface area (Å²) >= 11 is 0. The molecule has 2 rings (SSSR count). The highest BCUT2D eigenvalue weighted by atomic mass is 16.5. The summed E-state index contributed by atoms with van der Waals surface area (Å²) in [6.45, 7) is 3.13. The van der Waals surface area contributed by atoms with Crippen molar-refractivity contribution in [3.8, 4) is 0 Å². The molecule has 7 heteroatoms. The molecule has 2 aromatic rings. The topological polar surface area (TPSA) is 104 Å². The fourth-order valence-electron chi connectivity index (χ4n) is 3.18. The van der Waals surface area contributed by atoms with Crippen LogP contribution in [0, 0.1) is 11.8 Å². The van der Waals surface area contributed by atoms with E-state index in [2.05, 4.69) is 0 Å². The standard InChI is InChI=1S/C25H26O7/c1-3-31-24(29)19(15-21(26)17-11-7-5-8-12-17)23(28)20(25(30)32-4-2)16-22(27)18-13-9-6-10-14-18/h5-14,19-20H,3-4,15-16H2,1-2H3. The molecule has 0 N–H and O–H groups in total. The number of rotatable bonds is 12. The Morgan fingerprint density at radius 1 is 0.625 bits per heavy atom. The molecule has 168 valence electrons. The molecule has 32 heavy (non-hydrogen) atoms. The van der Waals surface area contributed by atoms with Gasteiger partial charge in [0, 0.05) is 24.0 Å². The molecule has 0 bridgehead atoms. The quantitative estimate of drug-likeness (QED) is 0.284. The van der Waals surface area contributed by atoms with Crippen LogP contribution in [0.25, 0.3) is 0 Å². The minimum atomic E-state index is -1.53. The van der Waals surface area contributed by atoms with E-state index in [4.69, 9.17) is 9.47 Å². The van der Waals surface area contributed by atoms with E-state index in [1.165, 1.54) is 0 Å². The number of Topliss-reactive ketones (excluding diaryl/α,β-unsaturated/α-hetero) is 3. The van der Waals surface area contributed by atoms with Crippen molar-refractivity contribution in [2.45, 2.75) is 26.7 Å². The van der Waals surface area contributed by atoms with Crippen LogP contribution < -0.4 is 0 Å².